The minimum atomic E-state index is -0.00592. The maximum absolute atomic E-state index is 11.7. The second-order valence-corrected chi connectivity index (χ2v) is 5.29. The molecular formula is C16H27IN4O2. The number of carbonyl (C=O) groups excluding carboxylic acids is 1. The summed E-state index contributed by atoms with van der Waals surface area (Å²) in [5, 5.41) is 6.28. The van der Waals surface area contributed by atoms with E-state index in [1.54, 1.807) is 26.1 Å². The molecule has 1 amide bonds. The summed E-state index contributed by atoms with van der Waals surface area (Å²) in [6, 6.07) is 10.1. The molecule has 1 aromatic carbocycles. The Hall–Kier alpha value is -1.35. The third kappa shape index (κ3) is 9.39. The molecule has 0 aliphatic carbocycles. The molecule has 0 saturated carbocycles. The molecule has 23 heavy (non-hydrogen) atoms. The standard InChI is InChI=1S/C16H26N4O2.HI/c1-13(12-22-4)19-16(18-11-15(21)20(2)3)17-10-14-8-6-5-7-9-14;/h5-9,13H,10-12H2,1-4H3,(H2,17,18,19);1H. The second-order valence-electron chi connectivity index (χ2n) is 5.29. The fourth-order valence-electron chi connectivity index (χ4n) is 1.75. The molecule has 1 aromatic rings. The van der Waals surface area contributed by atoms with Crippen molar-refractivity contribution in [3.63, 3.8) is 0 Å². The lowest BCUT2D eigenvalue weighted by Crippen LogP contribution is -2.47. The number of halogens is 1. The molecule has 130 valence electrons. The highest BCUT2D eigenvalue weighted by molar-refractivity contribution is 14.0. The van der Waals surface area contributed by atoms with Crippen LogP contribution < -0.4 is 10.6 Å². The summed E-state index contributed by atoms with van der Waals surface area (Å²) < 4.78 is 5.11. The van der Waals surface area contributed by atoms with Crippen molar-refractivity contribution in [2.24, 2.45) is 4.99 Å². The predicted octanol–water partition coefficient (Wildman–Crippen LogP) is 1.46. The molecule has 1 atom stereocenters. The molecule has 0 aliphatic heterocycles. The molecule has 0 aromatic heterocycles. The van der Waals surface area contributed by atoms with Crippen molar-refractivity contribution < 1.29 is 9.53 Å². The Balaban J connectivity index is 0.00000484. The number of hydrogen-bond acceptors (Lipinski definition) is 3. The van der Waals surface area contributed by atoms with Gasteiger partial charge in [-0.1, -0.05) is 30.3 Å². The molecule has 7 heteroatoms. The van der Waals surface area contributed by atoms with Crippen LogP contribution in [-0.4, -0.2) is 57.2 Å². The first-order chi connectivity index (χ1) is 10.5. The van der Waals surface area contributed by atoms with Gasteiger partial charge in [-0.15, -0.1) is 24.0 Å². The summed E-state index contributed by atoms with van der Waals surface area (Å²) in [6.07, 6.45) is 0. The largest absolute Gasteiger partial charge is 0.383 e. The monoisotopic (exact) mass is 434 g/mol. The fourth-order valence-corrected chi connectivity index (χ4v) is 1.75. The third-order valence-corrected chi connectivity index (χ3v) is 2.97. The van der Waals surface area contributed by atoms with Gasteiger partial charge in [0.15, 0.2) is 5.96 Å². The van der Waals surface area contributed by atoms with Crippen LogP contribution in [0.5, 0.6) is 0 Å². The van der Waals surface area contributed by atoms with Crippen LogP contribution in [-0.2, 0) is 16.1 Å². The lowest BCUT2D eigenvalue weighted by molar-refractivity contribution is -0.127. The van der Waals surface area contributed by atoms with Crippen molar-refractivity contribution in [2.45, 2.75) is 19.5 Å². The first-order valence-electron chi connectivity index (χ1n) is 7.30. The Morgan fingerprint density at radius 3 is 2.52 bits per heavy atom. The van der Waals surface area contributed by atoms with Crippen molar-refractivity contribution in [3.05, 3.63) is 35.9 Å². The van der Waals surface area contributed by atoms with E-state index in [1.807, 2.05) is 37.3 Å². The van der Waals surface area contributed by atoms with Crippen molar-refractivity contribution in [1.82, 2.24) is 15.5 Å². The van der Waals surface area contributed by atoms with E-state index in [1.165, 1.54) is 0 Å². The molecule has 0 bridgehead atoms. The van der Waals surface area contributed by atoms with Gasteiger partial charge in [-0.25, -0.2) is 4.99 Å². The Labute approximate surface area is 155 Å². The normalized spacial score (nSPS) is 12.1. The number of hydrogen-bond donors (Lipinski definition) is 2. The maximum atomic E-state index is 11.7. The highest BCUT2D eigenvalue weighted by atomic mass is 127. The zero-order valence-corrected chi connectivity index (χ0v) is 16.5. The summed E-state index contributed by atoms with van der Waals surface area (Å²) in [7, 11) is 5.11. The lowest BCUT2D eigenvalue weighted by atomic mass is 10.2. The van der Waals surface area contributed by atoms with E-state index in [0.717, 1.165) is 5.56 Å². The van der Waals surface area contributed by atoms with Crippen LogP contribution >= 0.6 is 24.0 Å². The van der Waals surface area contributed by atoms with E-state index in [2.05, 4.69) is 15.6 Å². The van der Waals surface area contributed by atoms with Crippen LogP contribution in [0.3, 0.4) is 0 Å². The van der Waals surface area contributed by atoms with Crippen LogP contribution in [0, 0.1) is 0 Å². The number of likely N-dealkylation sites (N-methyl/N-ethyl adjacent to an activating group) is 1. The number of guanidine groups is 1. The van der Waals surface area contributed by atoms with Crippen LogP contribution in [0.15, 0.2) is 35.3 Å². The zero-order valence-electron chi connectivity index (χ0n) is 14.2. The molecule has 0 aliphatic rings. The van der Waals surface area contributed by atoms with E-state index in [4.69, 9.17) is 4.74 Å². The number of nitrogens with zero attached hydrogens (tertiary/aromatic N) is 2. The molecule has 0 spiro atoms. The minimum Gasteiger partial charge on any atom is -0.383 e. The van der Waals surface area contributed by atoms with Gasteiger partial charge in [0.05, 0.1) is 19.7 Å². The smallest absolute Gasteiger partial charge is 0.241 e. The van der Waals surface area contributed by atoms with E-state index >= 15 is 0 Å². The highest BCUT2D eigenvalue weighted by Crippen LogP contribution is 2.00. The van der Waals surface area contributed by atoms with E-state index in [0.29, 0.717) is 19.1 Å². The first kappa shape index (κ1) is 21.6. The van der Waals surface area contributed by atoms with Crippen LogP contribution in [0.4, 0.5) is 0 Å². The number of nitrogens with one attached hydrogen (secondary N) is 2. The number of aliphatic imine (C=N–C) groups is 1. The molecule has 6 nitrogen and oxygen atoms in total. The van der Waals surface area contributed by atoms with Crippen molar-refractivity contribution in [3.8, 4) is 0 Å². The summed E-state index contributed by atoms with van der Waals surface area (Å²) >= 11 is 0. The lowest BCUT2D eigenvalue weighted by Gasteiger charge is -2.18. The Bertz CT molecular complexity index is 480. The van der Waals surface area contributed by atoms with Gasteiger partial charge < -0.3 is 20.3 Å². The number of benzene rings is 1. The molecular weight excluding hydrogens is 407 g/mol. The average molecular weight is 434 g/mol. The summed E-state index contributed by atoms with van der Waals surface area (Å²) in [5.41, 5.74) is 1.11. The SMILES string of the molecule is COCC(C)NC(=NCc1ccccc1)NCC(=O)N(C)C.I. The van der Waals surface area contributed by atoms with Gasteiger partial charge in [0.25, 0.3) is 0 Å². The Kier molecular flexibility index (Phi) is 11.4. The second kappa shape index (κ2) is 12.1. The maximum Gasteiger partial charge on any atom is 0.241 e. The van der Waals surface area contributed by atoms with Crippen molar-refractivity contribution in [2.75, 3.05) is 34.4 Å². The van der Waals surface area contributed by atoms with Gasteiger partial charge in [-0.2, -0.15) is 0 Å². The topological polar surface area (TPSA) is 66.0 Å². The summed E-state index contributed by atoms with van der Waals surface area (Å²) in [4.78, 5) is 17.7. The van der Waals surface area contributed by atoms with E-state index < -0.39 is 0 Å². The number of methoxy groups -OCH3 is 1. The van der Waals surface area contributed by atoms with Crippen molar-refractivity contribution >= 4 is 35.8 Å². The van der Waals surface area contributed by atoms with Crippen LogP contribution in [0.25, 0.3) is 0 Å². The zero-order chi connectivity index (χ0) is 16.4. The van der Waals surface area contributed by atoms with Gasteiger partial charge in [-0.05, 0) is 12.5 Å². The number of amides is 1. The highest BCUT2D eigenvalue weighted by Gasteiger charge is 2.08. The molecule has 1 rings (SSSR count). The molecule has 0 radical (unpaired) electrons. The van der Waals surface area contributed by atoms with Crippen LogP contribution in [0.2, 0.25) is 0 Å². The number of ether oxygens (including phenoxy) is 1. The van der Waals surface area contributed by atoms with Crippen molar-refractivity contribution in [1.29, 1.82) is 0 Å². The third-order valence-electron chi connectivity index (χ3n) is 2.97. The predicted molar refractivity (Wildman–Crippen MR) is 104 cm³/mol. The molecule has 0 heterocycles. The fraction of sp³-hybridized carbons (Fsp3) is 0.500. The molecule has 0 saturated heterocycles. The Morgan fingerprint density at radius 2 is 1.96 bits per heavy atom. The minimum absolute atomic E-state index is 0. The number of rotatable bonds is 7. The summed E-state index contributed by atoms with van der Waals surface area (Å²) in [5.74, 6) is 0.595. The van der Waals surface area contributed by atoms with E-state index in [9.17, 15) is 4.79 Å². The molecule has 1 unspecified atom stereocenters. The quantitative estimate of drug-likeness (QED) is 0.388. The van der Waals surface area contributed by atoms with Gasteiger partial charge in [0.1, 0.15) is 0 Å². The van der Waals surface area contributed by atoms with Gasteiger partial charge >= 0.3 is 0 Å². The van der Waals surface area contributed by atoms with E-state index in [-0.39, 0.29) is 42.5 Å². The summed E-state index contributed by atoms with van der Waals surface area (Å²) in [6.45, 7) is 3.31. The number of carbonyl (C=O) groups is 1. The molecule has 2 N–H and O–H groups in total. The molecule has 0 fully saturated rings. The van der Waals surface area contributed by atoms with Gasteiger partial charge in [-0.3, -0.25) is 4.79 Å². The average Bonchev–Trinajstić information content (AvgIpc) is 2.50. The Morgan fingerprint density at radius 1 is 1.30 bits per heavy atom. The van der Waals surface area contributed by atoms with Gasteiger partial charge in [0, 0.05) is 27.2 Å². The van der Waals surface area contributed by atoms with Gasteiger partial charge in [0.2, 0.25) is 5.91 Å². The van der Waals surface area contributed by atoms with Crippen LogP contribution in [0.1, 0.15) is 12.5 Å². The first-order valence-corrected chi connectivity index (χ1v) is 7.30.